The normalized spacial score (nSPS) is 18.7. The monoisotopic (exact) mass is 362 g/mol. The van der Waals surface area contributed by atoms with Gasteiger partial charge in [0.05, 0.1) is 0 Å². The van der Waals surface area contributed by atoms with Crippen LogP contribution in [0, 0.1) is 5.41 Å². The topological polar surface area (TPSA) is 49.4 Å². The molecule has 27 heavy (non-hydrogen) atoms. The molecule has 0 unspecified atom stereocenters. The van der Waals surface area contributed by atoms with Crippen molar-refractivity contribution in [1.29, 1.82) is 0 Å². The third-order valence-electron chi connectivity index (χ3n) is 6.16. The Kier molecular flexibility index (Phi) is 4.97. The van der Waals surface area contributed by atoms with Crippen molar-refractivity contribution in [3.05, 3.63) is 71.8 Å². The first kappa shape index (κ1) is 17.8. The van der Waals surface area contributed by atoms with Crippen molar-refractivity contribution < 1.29 is 9.59 Å². The molecule has 0 aliphatic carbocycles. The number of carbonyl (C=O) groups is 2. The maximum Gasteiger partial charge on any atom is 0.223 e. The molecule has 1 spiro atoms. The van der Waals surface area contributed by atoms with Crippen LogP contribution in [0.4, 0.5) is 0 Å². The molecule has 2 saturated heterocycles. The number of amides is 2. The molecule has 4 heteroatoms. The van der Waals surface area contributed by atoms with Gasteiger partial charge in [0.25, 0.3) is 0 Å². The first-order chi connectivity index (χ1) is 13.2. The predicted molar refractivity (Wildman–Crippen MR) is 105 cm³/mol. The van der Waals surface area contributed by atoms with Crippen molar-refractivity contribution in [2.45, 2.75) is 31.6 Å². The van der Waals surface area contributed by atoms with Gasteiger partial charge in [-0.15, -0.1) is 0 Å². The Bertz CT molecular complexity index is 756. The Morgan fingerprint density at radius 1 is 0.963 bits per heavy atom. The molecule has 1 N–H and O–H groups in total. The van der Waals surface area contributed by atoms with Crippen molar-refractivity contribution in [2.24, 2.45) is 5.41 Å². The Morgan fingerprint density at radius 2 is 1.52 bits per heavy atom. The van der Waals surface area contributed by atoms with Crippen LogP contribution in [0.1, 0.15) is 42.7 Å². The summed E-state index contributed by atoms with van der Waals surface area (Å²) in [5.74, 6) is 0.438. The molecule has 2 aliphatic heterocycles. The van der Waals surface area contributed by atoms with Crippen molar-refractivity contribution in [1.82, 2.24) is 10.2 Å². The molecule has 2 fully saturated rings. The van der Waals surface area contributed by atoms with Crippen molar-refractivity contribution >= 4 is 11.8 Å². The zero-order chi connectivity index (χ0) is 18.7. The second-order valence-electron chi connectivity index (χ2n) is 7.91. The van der Waals surface area contributed by atoms with E-state index in [0.29, 0.717) is 12.8 Å². The molecule has 2 aromatic carbocycles. The summed E-state index contributed by atoms with van der Waals surface area (Å²) in [5, 5.41) is 2.96. The minimum atomic E-state index is 0.0745. The van der Waals surface area contributed by atoms with E-state index in [9.17, 15) is 9.59 Å². The van der Waals surface area contributed by atoms with E-state index in [-0.39, 0.29) is 23.1 Å². The molecule has 2 heterocycles. The van der Waals surface area contributed by atoms with E-state index in [1.54, 1.807) is 0 Å². The summed E-state index contributed by atoms with van der Waals surface area (Å²) >= 11 is 0. The maximum absolute atomic E-state index is 13.1. The molecule has 4 nitrogen and oxygen atoms in total. The summed E-state index contributed by atoms with van der Waals surface area (Å²) in [4.78, 5) is 26.7. The van der Waals surface area contributed by atoms with Crippen LogP contribution in [0.25, 0.3) is 0 Å². The Morgan fingerprint density at radius 3 is 2.00 bits per heavy atom. The predicted octanol–water partition coefficient (Wildman–Crippen LogP) is 3.34. The number of nitrogens with zero attached hydrogens (tertiary/aromatic N) is 1. The SMILES string of the molecule is O=C1CC2(CCN(C(=O)CC(c3ccccc3)c3ccccc3)CC2)CN1. The second-order valence-corrected chi connectivity index (χ2v) is 7.91. The van der Waals surface area contributed by atoms with Gasteiger partial charge in [-0.25, -0.2) is 0 Å². The fraction of sp³-hybridized carbons (Fsp3) is 0.391. The highest BCUT2D eigenvalue weighted by Gasteiger charge is 2.41. The molecule has 0 radical (unpaired) electrons. The number of hydrogen-bond acceptors (Lipinski definition) is 2. The molecule has 2 aliphatic rings. The van der Waals surface area contributed by atoms with E-state index < -0.39 is 0 Å². The van der Waals surface area contributed by atoms with Gasteiger partial charge in [0, 0.05) is 38.4 Å². The van der Waals surface area contributed by atoms with Gasteiger partial charge in [0.15, 0.2) is 0 Å². The molecular weight excluding hydrogens is 336 g/mol. The summed E-state index contributed by atoms with van der Waals surface area (Å²) in [7, 11) is 0. The van der Waals surface area contributed by atoms with Crippen LogP contribution in [0.3, 0.4) is 0 Å². The lowest BCUT2D eigenvalue weighted by atomic mass is 9.77. The van der Waals surface area contributed by atoms with Gasteiger partial charge < -0.3 is 10.2 Å². The highest BCUT2D eigenvalue weighted by Crippen LogP contribution is 2.38. The number of carbonyl (C=O) groups excluding carboxylic acids is 2. The molecular formula is C23H26N2O2. The fourth-order valence-corrected chi connectivity index (χ4v) is 4.44. The summed E-state index contributed by atoms with van der Waals surface area (Å²) in [6, 6.07) is 20.6. The van der Waals surface area contributed by atoms with E-state index in [0.717, 1.165) is 32.5 Å². The van der Waals surface area contributed by atoms with Crippen LogP contribution in [0.5, 0.6) is 0 Å². The average molecular weight is 362 g/mol. The zero-order valence-electron chi connectivity index (χ0n) is 15.6. The molecule has 0 atom stereocenters. The summed E-state index contributed by atoms with van der Waals surface area (Å²) < 4.78 is 0. The van der Waals surface area contributed by atoms with Gasteiger partial charge in [-0.3, -0.25) is 9.59 Å². The molecule has 0 saturated carbocycles. The highest BCUT2D eigenvalue weighted by atomic mass is 16.2. The minimum absolute atomic E-state index is 0.0745. The van der Waals surface area contributed by atoms with Crippen LogP contribution in [0.2, 0.25) is 0 Å². The molecule has 4 rings (SSSR count). The summed E-state index contributed by atoms with van der Waals surface area (Å²) in [5.41, 5.74) is 2.43. The van der Waals surface area contributed by atoms with Crippen LogP contribution >= 0.6 is 0 Å². The fourth-order valence-electron chi connectivity index (χ4n) is 4.44. The molecule has 0 aromatic heterocycles. The Hall–Kier alpha value is -2.62. The second kappa shape index (κ2) is 7.55. The number of rotatable bonds is 4. The van der Waals surface area contributed by atoms with Gasteiger partial charge in [0.1, 0.15) is 0 Å². The van der Waals surface area contributed by atoms with Crippen molar-refractivity contribution in [2.75, 3.05) is 19.6 Å². The van der Waals surface area contributed by atoms with E-state index >= 15 is 0 Å². The van der Waals surface area contributed by atoms with E-state index in [4.69, 9.17) is 0 Å². The standard InChI is InChI=1S/C23H26N2O2/c26-21-16-23(17-24-21)11-13-25(14-12-23)22(27)15-20(18-7-3-1-4-8-18)19-9-5-2-6-10-19/h1-10,20H,11-17H2,(H,24,26). The largest absolute Gasteiger partial charge is 0.356 e. The van der Waals surface area contributed by atoms with Gasteiger partial charge >= 0.3 is 0 Å². The maximum atomic E-state index is 13.1. The van der Waals surface area contributed by atoms with Crippen molar-refractivity contribution in [3.8, 4) is 0 Å². The van der Waals surface area contributed by atoms with Crippen LogP contribution in [0.15, 0.2) is 60.7 Å². The summed E-state index contributed by atoms with van der Waals surface area (Å²) in [6.45, 7) is 2.28. The Labute approximate surface area is 160 Å². The number of nitrogens with one attached hydrogen (secondary N) is 1. The molecule has 140 valence electrons. The van der Waals surface area contributed by atoms with E-state index in [2.05, 4.69) is 29.6 Å². The average Bonchev–Trinajstić information content (AvgIpc) is 3.08. The van der Waals surface area contributed by atoms with Gasteiger partial charge in [-0.05, 0) is 29.4 Å². The van der Waals surface area contributed by atoms with Crippen LogP contribution in [-0.2, 0) is 9.59 Å². The summed E-state index contributed by atoms with van der Waals surface area (Å²) in [6.07, 6.45) is 2.93. The lowest BCUT2D eigenvalue weighted by molar-refractivity contribution is -0.133. The first-order valence-corrected chi connectivity index (χ1v) is 9.80. The quantitative estimate of drug-likeness (QED) is 0.907. The number of benzene rings is 2. The number of hydrogen-bond donors (Lipinski definition) is 1. The van der Waals surface area contributed by atoms with Gasteiger partial charge in [-0.2, -0.15) is 0 Å². The lowest BCUT2D eigenvalue weighted by Gasteiger charge is -2.38. The molecule has 2 amide bonds. The van der Waals surface area contributed by atoms with Crippen LogP contribution < -0.4 is 5.32 Å². The number of piperidine rings is 1. The van der Waals surface area contributed by atoms with Crippen molar-refractivity contribution in [3.63, 3.8) is 0 Å². The lowest BCUT2D eigenvalue weighted by Crippen LogP contribution is -2.44. The zero-order valence-corrected chi connectivity index (χ0v) is 15.6. The highest BCUT2D eigenvalue weighted by molar-refractivity contribution is 5.80. The first-order valence-electron chi connectivity index (χ1n) is 9.80. The molecule has 2 aromatic rings. The third-order valence-corrected chi connectivity index (χ3v) is 6.16. The number of likely N-dealkylation sites (tertiary alicyclic amines) is 1. The van der Waals surface area contributed by atoms with Gasteiger partial charge in [0.2, 0.25) is 11.8 Å². The van der Waals surface area contributed by atoms with Crippen LogP contribution in [-0.4, -0.2) is 36.3 Å². The minimum Gasteiger partial charge on any atom is -0.356 e. The third kappa shape index (κ3) is 3.90. The van der Waals surface area contributed by atoms with Gasteiger partial charge in [-0.1, -0.05) is 60.7 Å². The van der Waals surface area contributed by atoms with E-state index in [1.807, 2.05) is 41.3 Å². The smallest absolute Gasteiger partial charge is 0.223 e. The van der Waals surface area contributed by atoms with E-state index in [1.165, 1.54) is 11.1 Å². The Balaban J connectivity index is 1.46. The molecule has 0 bridgehead atoms.